The summed E-state index contributed by atoms with van der Waals surface area (Å²) < 4.78 is 17.1. The highest BCUT2D eigenvalue weighted by atomic mass is 16.6. The maximum Gasteiger partial charge on any atom is 0.227 e. The van der Waals surface area contributed by atoms with E-state index in [2.05, 4.69) is 32.3 Å². The van der Waals surface area contributed by atoms with Crippen LogP contribution in [0.1, 0.15) is 35.7 Å². The molecular weight excluding hydrogens is 418 g/mol. The molecule has 5 rings (SSSR count). The first-order valence-corrected chi connectivity index (χ1v) is 11.4. The largest absolute Gasteiger partial charge is 0.496 e. The first-order valence-electron chi connectivity index (χ1n) is 11.4. The van der Waals surface area contributed by atoms with Crippen molar-refractivity contribution in [1.29, 1.82) is 0 Å². The molecule has 172 valence electrons. The number of methoxy groups -OCH3 is 1. The first kappa shape index (κ1) is 21.5. The number of hydrogen-bond donors (Lipinski definition) is 1. The molecule has 0 bridgehead atoms. The van der Waals surface area contributed by atoms with Gasteiger partial charge in [0.1, 0.15) is 19.0 Å². The zero-order chi connectivity index (χ0) is 22.6. The van der Waals surface area contributed by atoms with Crippen LogP contribution in [-0.2, 0) is 6.54 Å². The Balaban J connectivity index is 1.24. The fourth-order valence-corrected chi connectivity index (χ4v) is 4.52. The molecule has 1 aromatic carbocycles. The number of rotatable bonds is 6. The highest BCUT2D eigenvalue weighted by molar-refractivity contribution is 5.54. The summed E-state index contributed by atoms with van der Waals surface area (Å²) in [7, 11) is 1.71. The number of aryl methyl sites for hydroxylation is 1. The Morgan fingerprint density at radius 2 is 1.76 bits per heavy atom. The SMILES string of the molecule is COc1cc2c(cc1CN1CCC(c3cc(Nc4ncccn4)cc(C)n3)CC1)OCCO2. The predicted octanol–water partition coefficient (Wildman–Crippen LogP) is 4.08. The minimum absolute atomic E-state index is 0.431. The van der Waals surface area contributed by atoms with Gasteiger partial charge in [0.25, 0.3) is 0 Å². The van der Waals surface area contributed by atoms with E-state index < -0.39 is 0 Å². The summed E-state index contributed by atoms with van der Waals surface area (Å²) in [6.07, 6.45) is 5.59. The molecule has 0 spiro atoms. The summed E-state index contributed by atoms with van der Waals surface area (Å²) in [6, 6.07) is 9.97. The van der Waals surface area contributed by atoms with Crippen molar-refractivity contribution in [2.24, 2.45) is 0 Å². The lowest BCUT2D eigenvalue weighted by molar-refractivity contribution is 0.169. The highest BCUT2D eigenvalue weighted by Crippen LogP contribution is 2.38. The third-order valence-corrected chi connectivity index (χ3v) is 6.14. The normalized spacial score (nSPS) is 16.4. The van der Waals surface area contributed by atoms with Crippen molar-refractivity contribution >= 4 is 11.6 Å². The molecule has 1 fully saturated rings. The Hall–Kier alpha value is -3.39. The van der Waals surface area contributed by atoms with Crippen LogP contribution in [0.25, 0.3) is 0 Å². The molecule has 0 amide bonds. The van der Waals surface area contributed by atoms with E-state index >= 15 is 0 Å². The lowest BCUT2D eigenvalue weighted by Gasteiger charge is -2.32. The van der Waals surface area contributed by atoms with Crippen molar-refractivity contribution in [2.75, 3.05) is 38.7 Å². The van der Waals surface area contributed by atoms with E-state index in [1.165, 1.54) is 0 Å². The minimum Gasteiger partial charge on any atom is -0.496 e. The van der Waals surface area contributed by atoms with Gasteiger partial charge < -0.3 is 19.5 Å². The number of nitrogens with one attached hydrogen (secondary N) is 1. The van der Waals surface area contributed by atoms with Crippen LogP contribution in [0.15, 0.2) is 42.7 Å². The Morgan fingerprint density at radius 3 is 2.48 bits per heavy atom. The molecule has 2 aromatic heterocycles. The molecule has 1 saturated heterocycles. The number of hydrogen-bond acceptors (Lipinski definition) is 8. The van der Waals surface area contributed by atoms with E-state index in [0.29, 0.717) is 25.1 Å². The average molecular weight is 448 g/mol. The van der Waals surface area contributed by atoms with Crippen LogP contribution in [0.4, 0.5) is 11.6 Å². The Labute approximate surface area is 193 Å². The molecule has 0 atom stereocenters. The van der Waals surface area contributed by atoms with Crippen molar-refractivity contribution < 1.29 is 14.2 Å². The highest BCUT2D eigenvalue weighted by Gasteiger charge is 2.24. The molecule has 0 radical (unpaired) electrons. The van der Waals surface area contributed by atoms with Gasteiger partial charge in [-0.1, -0.05) is 0 Å². The molecule has 0 aliphatic carbocycles. The number of anilines is 2. The molecule has 1 N–H and O–H groups in total. The van der Waals surface area contributed by atoms with Gasteiger partial charge in [-0.3, -0.25) is 9.88 Å². The summed E-state index contributed by atoms with van der Waals surface area (Å²) in [5.41, 5.74) is 4.23. The van der Waals surface area contributed by atoms with Crippen LogP contribution < -0.4 is 19.5 Å². The molecule has 0 unspecified atom stereocenters. The quantitative estimate of drug-likeness (QED) is 0.605. The van der Waals surface area contributed by atoms with Crippen molar-refractivity contribution in [2.45, 2.75) is 32.2 Å². The van der Waals surface area contributed by atoms with Crippen LogP contribution >= 0.6 is 0 Å². The van der Waals surface area contributed by atoms with E-state index in [-0.39, 0.29) is 0 Å². The summed E-state index contributed by atoms with van der Waals surface area (Å²) in [4.78, 5) is 15.8. The molecule has 8 heteroatoms. The van der Waals surface area contributed by atoms with Crippen LogP contribution in [0.5, 0.6) is 17.2 Å². The molecule has 2 aliphatic rings. The third kappa shape index (κ3) is 5.01. The van der Waals surface area contributed by atoms with Gasteiger partial charge in [-0.2, -0.15) is 0 Å². The van der Waals surface area contributed by atoms with Crippen molar-refractivity contribution in [3.05, 3.63) is 59.7 Å². The van der Waals surface area contributed by atoms with Gasteiger partial charge in [0.05, 0.1) is 7.11 Å². The van der Waals surface area contributed by atoms with Crippen LogP contribution in [0.3, 0.4) is 0 Å². The van der Waals surface area contributed by atoms with Gasteiger partial charge >= 0.3 is 0 Å². The van der Waals surface area contributed by atoms with Gasteiger partial charge in [-0.25, -0.2) is 9.97 Å². The number of ether oxygens (including phenoxy) is 3. The topological polar surface area (TPSA) is 81.6 Å². The number of fused-ring (bicyclic) bond motifs is 1. The number of piperidine rings is 1. The molecule has 0 saturated carbocycles. The van der Waals surface area contributed by atoms with Crippen LogP contribution in [-0.4, -0.2) is 53.3 Å². The van der Waals surface area contributed by atoms with E-state index in [9.17, 15) is 0 Å². The maximum atomic E-state index is 5.77. The number of likely N-dealkylation sites (tertiary alicyclic amines) is 1. The summed E-state index contributed by atoms with van der Waals surface area (Å²) in [6.45, 7) is 6.02. The molecule has 2 aliphatic heterocycles. The molecular formula is C25H29N5O3. The second-order valence-electron chi connectivity index (χ2n) is 8.48. The van der Waals surface area contributed by atoms with Gasteiger partial charge in [-0.05, 0) is 57.1 Å². The van der Waals surface area contributed by atoms with Crippen molar-refractivity contribution in [3.63, 3.8) is 0 Å². The lowest BCUT2D eigenvalue weighted by Crippen LogP contribution is -2.33. The van der Waals surface area contributed by atoms with E-state index in [1.54, 1.807) is 19.5 Å². The molecule has 4 heterocycles. The predicted molar refractivity (Wildman–Crippen MR) is 126 cm³/mol. The van der Waals surface area contributed by atoms with Gasteiger partial charge in [0, 0.05) is 53.6 Å². The van der Waals surface area contributed by atoms with E-state index in [4.69, 9.17) is 19.2 Å². The minimum atomic E-state index is 0.431. The fraction of sp³-hybridized carbons (Fsp3) is 0.400. The van der Waals surface area contributed by atoms with Crippen molar-refractivity contribution in [1.82, 2.24) is 19.9 Å². The average Bonchev–Trinajstić information content (AvgIpc) is 2.84. The zero-order valence-corrected chi connectivity index (χ0v) is 19.1. The summed E-state index contributed by atoms with van der Waals surface area (Å²) in [5.74, 6) is 3.44. The monoisotopic (exact) mass is 447 g/mol. The van der Waals surface area contributed by atoms with Gasteiger partial charge in [-0.15, -0.1) is 0 Å². The fourth-order valence-electron chi connectivity index (χ4n) is 4.52. The third-order valence-electron chi connectivity index (χ3n) is 6.14. The van der Waals surface area contributed by atoms with Gasteiger partial charge in [0.15, 0.2) is 11.5 Å². The standard InChI is InChI=1S/C25H29N5O3/c1-17-12-20(29-25-26-6-3-7-27-25)14-21(28-17)18-4-8-30(9-5-18)16-19-13-23-24(15-22(19)31-2)33-11-10-32-23/h3,6-7,12-15,18H,4-5,8-11,16H2,1-2H3,(H,26,27,28,29). The number of nitrogens with zero attached hydrogens (tertiary/aromatic N) is 4. The summed E-state index contributed by atoms with van der Waals surface area (Å²) in [5, 5.41) is 3.29. The Morgan fingerprint density at radius 1 is 1.03 bits per heavy atom. The van der Waals surface area contributed by atoms with E-state index in [1.807, 2.05) is 25.1 Å². The lowest BCUT2D eigenvalue weighted by atomic mass is 9.92. The van der Waals surface area contributed by atoms with Crippen LogP contribution in [0, 0.1) is 6.92 Å². The Bertz CT molecular complexity index is 1100. The zero-order valence-electron chi connectivity index (χ0n) is 19.1. The molecule has 33 heavy (non-hydrogen) atoms. The number of aromatic nitrogens is 3. The van der Waals surface area contributed by atoms with Gasteiger partial charge in [0.2, 0.25) is 5.95 Å². The smallest absolute Gasteiger partial charge is 0.227 e. The number of benzene rings is 1. The number of pyridine rings is 1. The van der Waals surface area contributed by atoms with E-state index in [0.717, 1.165) is 72.4 Å². The molecule has 3 aromatic rings. The Kier molecular flexibility index (Phi) is 6.26. The second-order valence-corrected chi connectivity index (χ2v) is 8.48. The van der Waals surface area contributed by atoms with Crippen LogP contribution in [0.2, 0.25) is 0 Å². The second kappa shape index (κ2) is 9.62. The van der Waals surface area contributed by atoms with Crippen molar-refractivity contribution in [3.8, 4) is 17.2 Å². The molecule has 8 nitrogen and oxygen atoms in total. The maximum absolute atomic E-state index is 5.77. The first-order chi connectivity index (χ1) is 16.2. The summed E-state index contributed by atoms with van der Waals surface area (Å²) >= 11 is 0.